The first kappa shape index (κ1) is 14.9. The van der Waals surface area contributed by atoms with Crippen molar-refractivity contribution >= 4 is 11.8 Å². The molecule has 1 aliphatic rings. The Morgan fingerprint density at radius 3 is 2.36 bits per heavy atom. The van der Waals surface area contributed by atoms with Crippen molar-refractivity contribution < 1.29 is 18.9 Å². The van der Waals surface area contributed by atoms with Gasteiger partial charge < -0.3 is 18.9 Å². The molecule has 0 fully saturated rings. The lowest BCUT2D eigenvalue weighted by molar-refractivity contribution is 0.173. The summed E-state index contributed by atoms with van der Waals surface area (Å²) in [6.07, 6.45) is 2.88. The molecule has 1 aliphatic heterocycles. The van der Waals surface area contributed by atoms with Crippen molar-refractivity contribution in [2.45, 2.75) is 11.3 Å². The molecule has 3 rings (SSSR count). The van der Waals surface area contributed by atoms with Crippen molar-refractivity contribution in [2.24, 2.45) is 0 Å². The van der Waals surface area contributed by atoms with Gasteiger partial charge in [0.25, 0.3) is 0 Å². The van der Waals surface area contributed by atoms with Gasteiger partial charge in [-0.15, -0.1) is 11.8 Å². The molecule has 5 heteroatoms. The molecule has 2 aromatic rings. The van der Waals surface area contributed by atoms with Crippen LogP contribution in [0.5, 0.6) is 23.0 Å². The van der Waals surface area contributed by atoms with Crippen molar-refractivity contribution in [3.63, 3.8) is 0 Å². The van der Waals surface area contributed by atoms with E-state index in [0.717, 1.165) is 29.4 Å². The largest absolute Gasteiger partial charge is 0.493 e. The third-order valence-electron chi connectivity index (χ3n) is 3.23. The minimum Gasteiger partial charge on any atom is -0.493 e. The quantitative estimate of drug-likeness (QED) is 0.570. The van der Waals surface area contributed by atoms with Gasteiger partial charge in [0.05, 0.1) is 13.2 Å². The molecule has 0 N–H and O–H groups in total. The Kier molecular flexibility index (Phi) is 4.96. The third kappa shape index (κ3) is 3.80. The number of hydrogen-bond acceptors (Lipinski definition) is 5. The van der Waals surface area contributed by atoms with Crippen LogP contribution in [0.15, 0.2) is 47.4 Å². The molecule has 4 nitrogen and oxygen atoms in total. The van der Waals surface area contributed by atoms with Crippen LogP contribution in [0.1, 0.15) is 6.42 Å². The number of ether oxygens (including phenoxy) is 4. The van der Waals surface area contributed by atoms with Crippen LogP contribution in [-0.4, -0.2) is 26.3 Å². The molecule has 0 amide bonds. The maximum absolute atomic E-state index is 5.69. The van der Waals surface area contributed by atoms with Gasteiger partial charge >= 0.3 is 0 Å². The minimum atomic E-state index is 0.280. The Labute approximate surface area is 134 Å². The number of thioether (sulfide) groups is 1. The first-order chi connectivity index (χ1) is 10.8. The Balaban J connectivity index is 1.38. The topological polar surface area (TPSA) is 36.9 Å². The smallest absolute Gasteiger partial charge is 0.231 e. The zero-order chi connectivity index (χ0) is 15.2. The summed E-state index contributed by atoms with van der Waals surface area (Å²) in [7, 11) is 0. The maximum atomic E-state index is 5.69. The highest BCUT2D eigenvalue weighted by molar-refractivity contribution is 7.98. The number of rotatable bonds is 7. The van der Waals surface area contributed by atoms with Crippen molar-refractivity contribution in [2.75, 3.05) is 26.3 Å². The van der Waals surface area contributed by atoms with Crippen molar-refractivity contribution in [3.8, 4) is 23.0 Å². The van der Waals surface area contributed by atoms with Crippen LogP contribution in [0.2, 0.25) is 0 Å². The minimum absolute atomic E-state index is 0.280. The van der Waals surface area contributed by atoms with E-state index in [-0.39, 0.29) is 6.79 Å². The third-order valence-corrected chi connectivity index (χ3v) is 3.97. The monoisotopic (exact) mass is 318 g/mol. The number of hydrogen-bond donors (Lipinski definition) is 0. The van der Waals surface area contributed by atoms with E-state index in [1.807, 2.05) is 30.3 Å². The number of fused-ring (bicyclic) bond motifs is 1. The number of benzene rings is 2. The van der Waals surface area contributed by atoms with E-state index in [1.54, 1.807) is 11.8 Å². The van der Waals surface area contributed by atoms with Crippen molar-refractivity contribution in [1.29, 1.82) is 0 Å². The lowest BCUT2D eigenvalue weighted by atomic mass is 10.3. The van der Waals surface area contributed by atoms with E-state index in [1.165, 1.54) is 4.90 Å². The summed E-state index contributed by atoms with van der Waals surface area (Å²) < 4.78 is 21.9. The molecule has 1 heterocycles. The molecule has 0 radical (unpaired) electrons. The van der Waals surface area contributed by atoms with E-state index in [9.17, 15) is 0 Å². The normalized spacial score (nSPS) is 12.2. The molecule has 22 heavy (non-hydrogen) atoms. The summed E-state index contributed by atoms with van der Waals surface area (Å²) in [6, 6.07) is 13.7. The Hall–Kier alpha value is -2.01. The van der Waals surface area contributed by atoms with Crippen LogP contribution < -0.4 is 18.9 Å². The molecule has 0 unspecified atom stereocenters. The van der Waals surface area contributed by atoms with E-state index < -0.39 is 0 Å². The second-order valence-electron chi connectivity index (χ2n) is 4.74. The van der Waals surface area contributed by atoms with Gasteiger partial charge in [0.1, 0.15) is 11.5 Å². The van der Waals surface area contributed by atoms with E-state index >= 15 is 0 Å². The van der Waals surface area contributed by atoms with Crippen LogP contribution >= 0.6 is 11.8 Å². The summed E-state index contributed by atoms with van der Waals surface area (Å²) >= 11 is 1.72. The van der Waals surface area contributed by atoms with Gasteiger partial charge in [0.2, 0.25) is 6.79 Å². The highest BCUT2D eigenvalue weighted by Gasteiger charge is 2.13. The van der Waals surface area contributed by atoms with Crippen molar-refractivity contribution in [3.05, 3.63) is 42.5 Å². The van der Waals surface area contributed by atoms with Gasteiger partial charge in [-0.1, -0.05) is 0 Å². The molecule has 0 spiro atoms. The summed E-state index contributed by atoms with van der Waals surface area (Å²) in [5, 5.41) is 0. The molecule has 0 saturated heterocycles. The van der Waals surface area contributed by atoms with E-state index in [4.69, 9.17) is 18.9 Å². The second kappa shape index (κ2) is 7.31. The molecule has 116 valence electrons. The van der Waals surface area contributed by atoms with Gasteiger partial charge in [0, 0.05) is 17.4 Å². The van der Waals surface area contributed by atoms with Gasteiger partial charge in [-0.05, 0) is 42.7 Å². The average Bonchev–Trinajstić information content (AvgIpc) is 3.03. The molecule has 0 aliphatic carbocycles. The Morgan fingerprint density at radius 1 is 0.909 bits per heavy atom. The van der Waals surface area contributed by atoms with Crippen LogP contribution in [-0.2, 0) is 0 Å². The molecular formula is C17H18O4S. The molecule has 0 aromatic heterocycles. The zero-order valence-corrected chi connectivity index (χ0v) is 13.2. The predicted octanol–water partition coefficient (Wildman–Crippen LogP) is 3.99. The van der Waals surface area contributed by atoms with Gasteiger partial charge in [-0.3, -0.25) is 0 Å². The lowest BCUT2D eigenvalue weighted by Crippen LogP contribution is -2.04. The van der Waals surface area contributed by atoms with Gasteiger partial charge in [0.15, 0.2) is 11.5 Å². The first-order valence-corrected chi connectivity index (χ1v) is 8.37. The Morgan fingerprint density at radius 2 is 1.59 bits per heavy atom. The molecule has 0 bridgehead atoms. The summed E-state index contributed by atoms with van der Waals surface area (Å²) in [5.41, 5.74) is 0. The summed E-state index contributed by atoms with van der Waals surface area (Å²) in [5.74, 6) is 3.18. The molecule has 0 atom stereocenters. The first-order valence-electron chi connectivity index (χ1n) is 7.14. The lowest BCUT2D eigenvalue weighted by Gasteiger charge is -2.09. The average molecular weight is 318 g/mol. The summed E-state index contributed by atoms with van der Waals surface area (Å²) in [6.45, 7) is 1.51. The fourth-order valence-corrected chi connectivity index (χ4v) is 2.49. The standard InChI is InChI=1S/C17H18O4S/c1-22-15-6-3-13(4-7-15)18-9-2-10-19-14-5-8-16-17(11-14)21-12-20-16/h3-8,11H,2,9-10,12H2,1H3. The van der Waals surface area contributed by atoms with E-state index in [0.29, 0.717) is 13.2 Å². The zero-order valence-electron chi connectivity index (χ0n) is 12.4. The molecule has 2 aromatic carbocycles. The highest BCUT2D eigenvalue weighted by Crippen LogP contribution is 2.35. The van der Waals surface area contributed by atoms with Crippen molar-refractivity contribution in [1.82, 2.24) is 0 Å². The van der Waals surface area contributed by atoms with Gasteiger partial charge in [-0.2, -0.15) is 0 Å². The maximum Gasteiger partial charge on any atom is 0.231 e. The van der Waals surface area contributed by atoms with Crippen LogP contribution in [0, 0.1) is 0 Å². The highest BCUT2D eigenvalue weighted by atomic mass is 32.2. The molecule has 0 saturated carbocycles. The van der Waals surface area contributed by atoms with Crippen LogP contribution in [0.3, 0.4) is 0 Å². The van der Waals surface area contributed by atoms with Crippen LogP contribution in [0.25, 0.3) is 0 Å². The molecular weight excluding hydrogens is 300 g/mol. The predicted molar refractivity (Wildman–Crippen MR) is 86.4 cm³/mol. The fraction of sp³-hybridized carbons (Fsp3) is 0.294. The summed E-state index contributed by atoms with van der Waals surface area (Å²) in [4.78, 5) is 1.23. The Bertz CT molecular complexity index is 613. The second-order valence-corrected chi connectivity index (χ2v) is 5.62. The SMILES string of the molecule is CSc1ccc(OCCCOc2ccc3c(c2)OCO3)cc1. The van der Waals surface area contributed by atoms with E-state index in [2.05, 4.69) is 18.4 Å². The van der Waals surface area contributed by atoms with Gasteiger partial charge in [-0.25, -0.2) is 0 Å². The van der Waals surface area contributed by atoms with Crippen LogP contribution in [0.4, 0.5) is 0 Å². The fourth-order valence-electron chi connectivity index (χ4n) is 2.08.